The van der Waals surface area contributed by atoms with Crippen LogP contribution in [0, 0.1) is 0 Å². The largest absolute Gasteiger partial charge is 0.355 e. The molecule has 62 heavy (non-hydrogen) atoms. The average molecular weight is 851 g/mol. The van der Waals surface area contributed by atoms with Crippen LogP contribution in [0.15, 0.2) is 174 Å². The molecule has 0 saturated carbocycles. The van der Waals surface area contributed by atoms with Crippen LogP contribution in [0.4, 0.5) is 28.4 Å². The molecule has 7 rings (SSSR count). The van der Waals surface area contributed by atoms with Crippen LogP contribution in [0.25, 0.3) is 35.4 Å². The van der Waals surface area contributed by atoms with E-state index < -0.39 is 0 Å². The van der Waals surface area contributed by atoms with Gasteiger partial charge in [0.15, 0.2) is 9.79 Å². The summed E-state index contributed by atoms with van der Waals surface area (Å²) in [7, 11) is 0.376. The highest BCUT2D eigenvalue weighted by Gasteiger charge is 2.17. The van der Waals surface area contributed by atoms with Gasteiger partial charge in [0.05, 0.1) is 5.69 Å². The van der Waals surface area contributed by atoms with Gasteiger partial charge >= 0.3 is 0 Å². The Morgan fingerprint density at radius 3 is 1.47 bits per heavy atom. The smallest absolute Gasteiger partial charge is 0.156 e. The third kappa shape index (κ3) is 12.0. The molecule has 2 nitrogen and oxygen atoms in total. The number of unbranched alkanes of at least 4 members (excludes halogenated alkanes) is 2. The molecule has 0 fully saturated rings. The number of nitrogens with one attached hydrogen (secondary N) is 1. The molecule has 7 aromatic rings. The minimum atomic E-state index is 0.178. The van der Waals surface area contributed by atoms with Gasteiger partial charge in [0.25, 0.3) is 0 Å². The molecule has 0 heterocycles. The normalized spacial score (nSPS) is 11.6. The maximum Gasteiger partial charge on any atom is 0.156 e. The number of hydrogen-bond donors (Lipinski definition) is 1. The van der Waals surface area contributed by atoms with E-state index in [9.17, 15) is 0 Å². The van der Waals surface area contributed by atoms with Gasteiger partial charge in [-0.1, -0.05) is 142 Å². The molecule has 0 spiro atoms. The molecule has 314 valence electrons. The molecular formula is C58H62N2S2+2. The maximum absolute atomic E-state index is 3.75. The van der Waals surface area contributed by atoms with Crippen molar-refractivity contribution in [3.05, 3.63) is 197 Å². The average Bonchev–Trinajstić information content (AvgIpc) is 3.31. The first-order chi connectivity index (χ1) is 30.3. The van der Waals surface area contributed by atoms with Crippen molar-refractivity contribution in [3.63, 3.8) is 0 Å². The van der Waals surface area contributed by atoms with Crippen LogP contribution in [-0.2, 0) is 34.6 Å². The highest BCUT2D eigenvalue weighted by molar-refractivity contribution is 7.95. The Balaban J connectivity index is 1.06. The van der Waals surface area contributed by atoms with E-state index in [-0.39, 0.29) is 21.8 Å². The van der Waals surface area contributed by atoms with E-state index in [1.54, 1.807) is 0 Å². The fourth-order valence-electron chi connectivity index (χ4n) is 7.58. The minimum absolute atomic E-state index is 0.178. The van der Waals surface area contributed by atoms with Gasteiger partial charge in [0.2, 0.25) is 0 Å². The lowest BCUT2D eigenvalue weighted by molar-refractivity contribution is 0.795. The second-order valence-electron chi connectivity index (χ2n) is 16.4. The lowest BCUT2D eigenvalue weighted by Gasteiger charge is -2.26. The fraction of sp³-hybridized carbons (Fsp3) is 0.207. The van der Waals surface area contributed by atoms with Gasteiger partial charge in [0, 0.05) is 62.2 Å². The Morgan fingerprint density at radius 2 is 0.919 bits per heavy atom. The Kier molecular flexibility index (Phi) is 15.7. The summed E-state index contributed by atoms with van der Waals surface area (Å²) in [5.41, 5.74) is 15.6. The molecule has 4 heteroatoms. The molecule has 1 N–H and O–H groups in total. The van der Waals surface area contributed by atoms with Crippen LogP contribution in [-0.4, -0.2) is 25.0 Å². The van der Waals surface area contributed by atoms with E-state index >= 15 is 0 Å². The zero-order valence-electron chi connectivity index (χ0n) is 37.4. The predicted molar refractivity (Wildman–Crippen MR) is 279 cm³/mol. The van der Waals surface area contributed by atoms with E-state index in [1.807, 2.05) is 0 Å². The number of benzene rings is 7. The molecule has 0 radical (unpaired) electrons. The van der Waals surface area contributed by atoms with Gasteiger partial charge in [-0.15, -0.1) is 0 Å². The second-order valence-corrected chi connectivity index (χ2v) is 20.6. The maximum atomic E-state index is 3.75. The Morgan fingerprint density at radius 1 is 0.452 bits per heavy atom. The second kappa shape index (κ2) is 21.9. The Hall–Kier alpha value is -5.68. The van der Waals surface area contributed by atoms with Crippen LogP contribution >= 0.6 is 0 Å². The zero-order valence-corrected chi connectivity index (χ0v) is 39.0. The lowest BCUT2D eigenvalue weighted by atomic mass is 9.98. The van der Waals surface area contributed by atoms with E-state index in [1.165, 1.54) is 91.4 Å². The van der Waals surface area contributed by atoms with Crippen LogP contribution in [0.2, 0.25) is 0 Å². The molecule has 0 unspecified atom stereocenters. The van der Waals surface area contributed by atoms with Crippen LogP contribution in [0.3, 0.4) is 0 Å². The third-order valence-corrected chi connectivity index (χ3v) is 13.7. The van der Waals surface area contributed by atoms with Gasteiger partial charge in [-0.05, 0) is 125 Å². The number of aryl methyl sites for hydroxylation is 2. The molecule has 0 aliphatic heterocycles. The monoisotopic (exact) mass is 850 g/mol. The molecule has 0 aromatic heterocycles. The van der Waals surface area contributed by atoms with Crippen LogP contribution < -0.4 is 10.2 Å². The van der Waals surface area contributed by atoms with Gasteiger partial charge in [0.1, 0.15) is 25.0 Å². The molecule has 7 aromatic carbocycles. The van der Waals surface area contributed by atoms with Gasteiger partial charge in [-0.25, -0.2) is 0 Å². The van der Waals surface area contributed by atoms with Crippen molar-refractivity contribution in [1.82, 2.24) is 0 Å². The summed E-state index contributed by atoms with van der Waals surface area (Å²) in [4.78, 5) is 5.11. The lowest BCUT2D eigenvalue weighted by Crippen LogP contribution is -2.11. The quantitative estimate of drug-likeness (QED) is 0.0683. The number of nitrogens with zero attached hydrogens (tertiary/aromatic N) is 1. The van der Waals surface area contributed by atoms with Crippen molar-refractivity contribution >= 4 is 74.5 Å². The van der Waals surface area contributed by atoms with Crippen molar-refractivity contribution in [2.24, 2.45) is 0 Å². The summed E-state index contributed by atoms with van der Waals surface area (Å²) in [6.45, 7) is 4.51. The van der Waals surface area contributed by atoms with Crippen LogP contribution in [0.5, 0.6) is 0 Å². The van der Waals surface area contributed by atoms with Gasteiger partial charge < -0.3 is 10.2 Å². The highest BCUT2D eigenvalue weighted by Crippen LogP contribution is 2.37. The number of rotatable bonds is 18. The third-order valence-electron chi connectivity index (χ3n) is 11.3. The van der Waals surface area contributed by atoms with Crippen molar-refractivity contribution in [3.8, 4) is 11.1 Å². The van der Waals surface area contributed by atoms with E-state index in [0.717, 1.165) is 29.9 Å². The van der Waals surface area contributed by atoms with Crippen molar-refractivity contribution in [2.75, 3.05) is 35.2 Å². The summed E-state index contributed by atoms with van der Waals surface area (Å²) in [5, 5.41) is 3.75. The summed E-state index contributed by atoms with van der Waals surface area (Å²) < 4.78 is 0. The predicted octanol–water partition coefficient (Wildman–Crippen LogP) is 16.1. The van der Waals surface area contributed by atoms with E-state index in [4.69, 9.17) is 0 Å². The molecule has 0 amide bonds. The summed E-state index contributed by atoms with van der Waals surface area (Å²) in [6.07, 6.45) is 25.0. The van der Waals surface area contributed by atoms with Gasteiger partial charge in [-0.3, -0.25) is 0 Å². The number of anilines is 5. The fourth-order valence-corrected chi connectivity index (χ4v) is 9.00. The Bertz CT molecular complexity index is 2550. The molecule has 0 atom stereocenters. The van der Waals surface area contributed by atoms with E-state index in [2.05, 4.69) is 237 Å². The first-order valence-corrected chi connectivity index (χ1v) is 26.2. The first kappa shape index (κ1) is 44.4. The SMILES string of the molecule is CCCCc1ccc(-c2cc(/C=C/c3ccc(/C=C/c4ccc(N(c5ccc(CCCC)cc5)c5cccc([S+](C)C)c5)cc4)cc3)ccc2Nc2cccc([S+](C)C)c2)cc1. The first-order valence-electron chi connectivity index (χ1n) is 22.1. The molecular weight excluding hydrogens is 789 g/mol. The van der Waals surface area contributed by atoms with Crippen molar-refractivity contribution in [1.29, 1.82) is 0 Å². The van der Waals surface area contributed by atoms with Crippen molar-refractivity contribution in [2.45, 2.75) is 62.2 Å². The Labute approximate surface area is 378 Å². The topological polar surface area (TPSA) is 15.3 Å². The summed E-state index contributed by atoms with van der Waals surface area (Å²) >= 11 is 0. The number of hydrogen-bond acceptors (Lipinski definition) is 2. The summed E-state index contributed by atoms with van der Waals surface area (Å²) in [5.74, 6) is 0. The highest BCUT2D eigenvalue weighted by atomic mass is 32.2. The molecule has 0 saturated heterocycles. The standard InChI is InChI=1S/C58H62N2S2/c1-7-9-13-44-27-34-50(35-28-44)57-41-49(33-40-58(57)59-51-15-11-17-55(42-51)61(3)4)26-25-47-21-19-46(20-22-47)23-24-48-31-38-53(39-32-48)60(54-16-12-18-56(43-54)62(5)6)52-36-29-45(30-37-52)14-10-8-2/h11-12,15-43,59H,7-10,13-14H2,1-6H3/q+2/b24-23+,26-25+. The minimum Gasteiger partial charge on any atom is -0.355 e. The van der Waals surface area contributed by atoms with E-state index in [0.29, 0.717) is 0 Å². The van der Waals surface area contributed by atoms with Gasteiger partial charge in [-0.2, -0.15) is 0 Å². The van der Waals surface area contributed by atoms with Crippen LogP contribution in [0.1, 0.15) is 72.9 Å². The summed E-state index contributed by atoms with van der Waals surface area (Å²) in [6, 6.07) is 60.5. The molecule has 0 aliphatic rings. The molecule has 0 aliphatic carbocycles. The molecule has 0 bridgehead atoms. The van der Waals surface area contributed by atoms with Crippen molar-refractivity contribution < 1.29 is 0 Å². The zero-order chi connectivity index (χ0) is 43.3.